The molecule has 3 heteroatoms. The second-order valence-electron chi connectivity index (χ2n) is 2.72. The first kappa shape index (κ1) is 7.16. The lowest BCUT2D eigenvalue weighted by Crippen LogP contribution is -2.10. The van der Waals surface area contributed by atoms with E-state index in [0.717, 1.165) is 16.9 Å². The number of rotatable bonds is 1. The zero-order chi connectivity index (χ0) is 8.55. The van der Waals surface area contributed by atoms with Gasteiger partial charge in [0.2, 0.25) is 0 Å². The number of methoxy groups -OCH3 is 1. The molecule has 1 aliphatic rings. The minimum Gasteiger partial charge on any atom is -0.497 e. The van der Waals surface area contributed by atoms with Crippen LogP contribution in [0, 0.1) is 0 Å². The van der Waals surface area contributed by atoms with Crippen LogP contribution in [0.1, 0.15) is 11.1 Å². The van der Waals surface area contributed by atoms with Crippen molar-refractivity contribution in [1.29, 1.82) is 0 Å². The van der Waals surface area contributed by atoms with Crippen LogP contribution in [0.15, 0.2) is 23.2 Å². The molecule has 1 aliphatic heterocycles. The number of benzene rings is 1. The highest BCUT2D eigenvalue weighted by Gasteiger charge is 2.12. The molecule has 0 atom stereocenters. The molecule has 0 saturated carbocycles. The first-order valence-electron chi connectivity index (χ1n) is 3.78. The molecule has 3 nitrogen and oxygen atoms in total. The second-order valence-corrected chi connectivity index (χ2v) is 2.72. The van der Waals surface area contributed by atoms with Crippen LogP contribution < -0.4 is 10.5 Å². The van der Waals surface area contributed by atoms with Crippen LogP contribution in [0.2, 0.25) is 0 Å². The summed E-state index contributed by atoms with van der Waals surface area (Å²) >= 11 is 0. The second kappa shape index (κ2) is 2.52. The van der Waals surface area contributed by atoms with Crippen LogP contribution in [0.4, 0.5) is 0 Å². The SMILES string of the molecule is COc1ccc2c(c1)CN=C2N. The zero-order valence-corrected chi connectivity index (χ0v) is 6.87. The maximum Gasteiger partial charge on any atom is 0.126 e. The summed E-state index contributed by atoms with van der Waals surface area (Å²) in [4.78, 5) is 4.12. The average molecular weight is 162 g/mol. The van der Waals surface area contributed by atoms with E-state index in [2.05, 4.69) is 4.99 Å². The minimum atomic E-state index is 0.632. The van der Waals surface area contributed by atoms with E-state index in [9.17, 15) is 0 Å². The maximum atomic E-state index is 5.65. The third-order valence-corrected chi connectivity index (χ3v) is 2.01. The number of hydrogen-bond donors (Lipinski definition) is 1. The lowest BCUT2D eigenvalue weighted by molar-refractivity contribution is 0.414. The highest BCUT2D eigenvalue weighted by atomic mass is 16.5. The third-order valence-electron chi connectivity index (χ3n) is 2.01. The van der Waals surface area contributed by atoms with E-state index in [0.29, 0.717) is 12.4 Å². The summed E-state index contributed by atoms with van der Waals surface area (Å²) in [6, 6.07) is 5.81. The van der Waals surface area contributed by atoms with Crippen molar-refractivity contribution < 1.29 is 4.74 Å². The number of ether oxygens (including phenoxy) is 1. The van der Waals surface area contributed by atoms with Gasteiger partial charge in [-0.15, -0.1) is 0 Å². The molecular weight excluding hydrogens is 152 g/mol. The summed E-state index contributed by atoms with van der Waals surface area (Å²) in [7, 11) is 1.65. The predicted molar refractivity (Wildman–Crippen MR) is 47.4 cm³/mol. The molecule has 0 spiro atoms. The number of nitrogens with two attached hydrogens (primary N) is 1. The Labute approximate surface area is 70.9 Å². The van der Waals surface area contributed by atoms with Crippen molar-refractivity contribution >= 4 is 5.84 Å². The van der Waals surface area contributed by atoms with Crippen molar-refractivity contribution in [2.45, 2.75) is 6.54 Å². The Bertz CT molecular complexity index is 344. The van der Waals surface area contributed by atoms with Gasteiger partial charge in [-0.1, -0.05) is 0 Å². The Morgan fingerprint density at radius 1 is 1.50 bits per heavy atom. The van der Waals surface area contributed by atoms with Gasteiger partial charge in [0.1, 0.15) is 11.6 Å². The molecule has 2 rings (SSSR count). The standard InChI is InChI=1S/C9H10N2O/c1-12-7-2-3-8-6(4-7)5-11-9(8)10/h2-4H,5H2,1H3,(H2,10,11). The molecule has 1 aromatic carbocycles. The van der Waals surface area contributed by atoms with Gasteiger partial charge in [0.05, 0.1) is 13.7 Å². The summed E-state index contributed by atoms with van der Waals surface area (Å²) in [6.45, 7) is 0.679. The van der Waals surface area contributed by atoms with Crippen LogP contribution in [0.3, 0.4) is 0 Å². The normalized spacial score (nSPS) is 13.9. The monoisotopic (exact) mass is 162 g/mol. The van der Waals surface area contributed by atoms with Crippen LogP contribution in [0.5, 0.6) is 5.75 Å². The molecule has 0 unspecified atom stereocenters. The smallest absolute Gasteiger partial charge is 0.126 e. The van der Waals surface area contributed by atoms with Crippen molar-refractivity contribution in [3.05, 3.63) is 29.3 Å². The van der Waals surface area contributed by atoms with Crippen LogP contribution >= 0.6 is 0 Å². The number of amidine groups is 1. The molecule has 1 aromatic rings. The summed E-state index contributed by atoms with van der Waals surface area (Å²) in [5, 5.41) is 0. The fourth-order valence-electron chi connectivity index (χ4n) is 1.33. The van der Waals surface area contributed by atoms with Crippen molar-refractivity contribution in [2.24, 2.45) is 10.7 Å². The molecule has 62 valence electrons. The van der Waals surface area contributed by atoms with Gasteiger partial charge >= 0.3 is 0 Å². The molecule has 0 amide bonds. The highest BCUT2D eigenvalue weighted by molar-refractivity contribution is 6.00. The summed E-state index contributed by atoms with van der Waals surface area (Å²) < 4.78 is 5.08. The first-order chi connectivity index (χ1) is 5.81. The third kappa shape index (κ3) is 0.942. The van der Waals surface area contributed by atoms with Crippen LogP contribution in [-0.2, 0) is 6.54 Å². The highest BCUT2D eigenvalue weighted by Crippen LogP contribution is 2.22. The summed E-state index contributed by atoms with van der Waals surface area (Å²) in [6.07, 6.45) is 0. The molecule has 0 aliphatic carbocycles. The Balaban J connectivity index is 2.46. The largest absolute Gasteiger partial charge is 0.497 e. The van der Waals surface area contributed by atoms with Crippen LogP contribution in [-0.4, -0.2) is 12.9 Å². The molecule has 12 heavy (non-hydrogen) atoms. The van der Waals surface area contributed by atoms with Gasteiger partial charge in [-0.05, 0) is 23.8 Å². The fourth-order valence-corrected chi connectivity index (χ4v) is 1.33. The molecule has 0 saturated heterocycles. The van der Waals surface area contributed by atoms with Gasteiger partial charge in [-0.2, -0.15) is 0 Å². The van der Waals surface area contributed by atoms with E-state index in [4.69, 9.17) is 10.5 Å². The number of hydrogen-bond acceptors (Lipinski definition) is 3. The molecule has 0 bridgehead atoms. The Morgan fingerprint density at radius 2 is 2.33 bits per heavy atom. The zero-order valence-electron chi connectivity index (χ0n) is 6.87. The van der Waals surface area contributed by atoms with E-state index in [1.165, 1.54) is 0 Å². The maximum absolute atomic E-state index is 5.65. The van der Waals surface area contributed by atoms with E-state index in [1.54, 1.807) is 7.11 Å². The lowest BCUT2D eigenvalue weighted by Gasteiger charge is -2.02. The van der Waals surface area contributed by atoms with Gasteiger partial charge in [-0.3, -0.25) is 4.99 Å². The van der Waals surface area contributed by atoms with E-state index < -0.39 is 0 Å². The lowest BCUT2D eigenvalue weighted by atomic mass is 10.1. The Kier molecular flexibility index (Phi) is 1.50. The first-order valence-corrected chi connectivity index (χ1v) is 3.78. The number of nitrogens with zero attached hydrogens (tertiary/aromatic N) is 1. The number of aliphatic imine (C=N–C) groups is 1. The van der Waals surface area contributed by atoms with Gasteiger partial charge in [0.25, 0.3) is 0 Å². The molecule has 0 aromatic heterocycles. The topological polar surface area (TPSA) is 47.6 Å². The Morgan fingerprint density at radius 3 is 3.08 bits per heavy atom. The van der Waals surface area contributed by atoms with Crippen molar-refractivity contribution in [2.75, 3.05) is 7.11 Å². The van der Waals surface area contributed by atoms with Gasteiger partial charge in [0.15, 0.2) is 0 Å². The molecule has 2 N–H and O–H groups in total. The van der Waals surface area contributed by atoms with Gasteiger partial charge in [0, 0.05) is 5.56 Å². The van der Waals surface area contributed by atoms with E-state index in [1.807, 2.05) is 18.2 Å². The van der Waals surface area contributed by atoms with Gasteiger partial charge < -0.3 is 10.5 Å². The van der Waals surface area contributed by atoms with E-state index in [-0.39, 0.29) is 0 Å². The Hall–Kier alpha value is -1.51. The van der Waals surface area contributed by atoms with Gasteiger partial charge in [-0.25, -0.2) is 0 Å². The van der Waals surface area contributed by atoms with Crippen molar-refractivity contribution in [3.8, 4) is 5.75 Å². The predicted octanol–water partition coefficient (Wildman–Crippen LogP) is 0.914. The fraction of sp³-hybridized carbons (Fsp3) is 0.222. The van der Waals surface area contributed by atoms with Crippen molar-refractivity contribution in [1.82, 2.24) is 0 Å². The minimum absolute atomic E-state index is 0.632. The summed E-state index contributed by atoms with van der Waals surface area (Å²) in [5.41, 5.74) is 7.83. The molecule has 0 fully saturated rings. The van der Waals surface area contributed by atoms with E-state index >= 15 is 0 Å². The van der Waals surface area contributed by atoms with Crippen molar-refractivity contribution in [3.63, 3.8) is 0 Å². The summed E-state index contributed by atoms with van der Waals surface area (Å²) in [5.74, 6) is 1.49. The molecule has 0 radical (unpaired) electrons. The quantitative estimate of drug-likeness (QED) is 0.667. The molecular formula is C9H10N2O. The van der Waals surface area contributed by atoms with Crippen LogP contribution in [0.25, 0.3) is 0 Å². The number of fused-ring (bicyclic) bond motifs is 1. The average Bonchev–Trinajstić information content (AvgIpc) is 2.47. The molecule has 1 heterocycles.